The van der Waals surface area contributed by atoms with Gasteiger partial charge in [-0.3, -0.25) is 0 Å². The molecule has 0 spiro atoms. The predicted molar refractivity (Wildman–Crippen MR) is 62.8 cm³/mol. The van der Waals surface area contributed by atoms with E-state index in [9.17, 15) is 5.11 Å². The van der Waals surface area contributed by atoms with Crippen molar-refractivity contribution in [3.05, 3.63) is 34.9 Å². The minimum atomic E-state index is -0.572. The SMILES string of the molecule is CCC(O)(c1ccc(C)cc1C)C1CC1. The van der Waals surface area contributed by atoms with Crippen LogP contribution in [0.4, 0.5) is 0 Å². The summed E-state index contributed by atoms with van der Waals surface area (Å²) in [6, 6.07) is 6.37. The van der Waals surface area contributed by atoms with Crippen LogP contribution in [0.3, 0.4) is 0 Å². The molecule has 1 N–H and O–H groups in total. The monoisotopic (exact) mass is 204 g/mol. The summed E-state index contributed by atoms with van der Waals surface area (Å²) >= 11 is 0. The summed E-state index contributed by atoms with van der Waals surface area (Å²) in [5, 5.41) is 10.7. The number of hydrogen-bond donors (Lipinski definition) is 1. The van der Waals surface area contributed by atoms with Gasteiger partial charge in [0.2, 0.25) is 0 Å². The van der Waals surface area contributed by atoms with E-state index < -0.39 is 5.60 Å². The van der Waals surface area contributed by atoms with Crippen molar-refractivity contribution in [2.45, 2.75) is 45.6 Å². The molecule has 1 aromatic carbocycles. The maximum atomic E-state index is 10.7. The molecule has 0 heterocycles. The van der Waals surface area contributed by atoms with Gasteiger partial charge in [0.1, 0.15) is 0 Å². The lowest BCUT2D eigenvalue weighted by Crippen LogP contribution is -2.28. The van der Waals surface area contributed by atoms with Crippen molar-refractivity contribution in [3.63, 3.8) is 0 Å². The molecule has 1 aliphatic rings. The van der Waals surface area contributed by atoms with Crippen molar-refractivity contribution in [2.24, 2.45) is 5.92 Å². The first-order valence-electron chi connectivity index (χ1n) is 5.88. The first-order valence-corrected chi connectivity index (χ1v) is 5.88. The van der Waals surface area contributed by atoms with Crippen molar-refractivity contribution in [3.8, 4) is 0 Å². The van der Waals surface area contributed by atoms with Crippen molar-refractivity contribution >= 4 is 0 Å². The Hall–Kier alpha value is -0.820. The van der Waals surface area contributed by atoms with Crippen LogP contribution in [0, 0.1) is 19.8 Å². The van der Waals surface area contributed by atoms with Crippen LogP contribution in [0.1, 0.15) is 42.9 Å². The minimum absolute atomic E-state index is 0.490. The summed E-state index contributed by atoms with van der Waals surface area (Å²) < 4.78 is 0. The quantitative estimate of drug-likeness (QED) is 0.801. The van der Waals surface area contributed by atoms with E-state index >= 15 is 0 Å². The zero-order chi connectivity index (χ0) is 11.1. The molecule has 2 rings (SSSR count). The number of aliphatic hydroxyl groups is 1. The molecule has 1 fully saturated rings. The molecule has 0 aromatic heterocycles. The van der Waals surface area contributed by atoms with Crippen molar-refractivity contribution < 1.29 is 5.11 Å². The lowest BCUT2D eigenvalue weighted by atomic mass is 9.83. The van der Waals surface area contributed by atoms with Crippen molar-refractivity contribution in [1.82, 2.24) is 0 Å². The van der Waals surface area contributed by atoms with Gasteiger partial charge < -0.3 is 5.11 Å². The fraction of sp³-hybridized carbons (Fsp3) is 0.571. The smallest absolute Gasteiger partial charge is 0.0924 e. The third-order valence-electron chi connectivity index (χ3n) is 3.64. The number of benzene rings is 1. The van der Waals surface area contributed by atoms with Gasteiger partial charge in [-0.1, -0.05) is 30.7 Å². The average Bonchev–Trinajstić information content (AvgIpc) is 3.00. The highest BCUT2D eigenvalue weighted by Gasteiger charge is 2.44. The Kier molecular flexibility index (Phi) is 2.59. The van der Waals surface area contributed by atoms with Gasteiger partial charge in [0.15, 0.2) is 0 Å². The Morgan fingerprint density at radius 1 is 1.33 bits per heavy atom. The standard InChI is InChI=1S/C14H20O/c1-4-14(15,12-6-7-12)13-8-5-10(2)9-11(13)3/h5,8-9,12,15H,4,6-7H2,1-3H3. The highest BCUT2D eigenvalue weighted by Crippen LogP contribution is 2.48. The van der Waals surface area contributed by atoms with Crippen LogP contribution in [0.15, 0.2) is 18.2 Å². The molecule has 1 heteroatoms. The van der Waals surface area contributed by atoms with Crippen LogP contribution in [-0.4, -0.2) is 5.11 Å². The van der Waals surface area contributed by atoms with E-state index in [2.05, 4.69) is 39.0 Å². The van der Waals surface area contributed by atoms with E-state index in [-0.39, 0.29) is 0 Å². The summed E-state index contributed by atoms with van der Waals surface area (Å²) in [6.07, 6.45) is 3.18. The van der Waals surface area contributed by atoms with E-state index in [1.165, 1.54) is 24.0 Å². The van der Waals surface area contributed by atoms with Crippen LogP contribution in [0.2, 0.25) is 0 Å². The summed E-state index contributed by atoms with van der Waals surface area (Å²) in [5.41, 5.74) is 3.06. The van der Waals surface area contributed by atoms with Crippen molar-refractivity contribution in [2.75, 3.05) is 0 Å². The Balaban J connectivity index is 2.42. The van der Waals surface area contributed by atoms with Gasteiger partial charge in [0.25, 0.3) is 0 Å². The molecule has 0 amide bonds. The Morgan fingerprint density at radius 2 is 2.00 bits per heavy atom. The van der Waals surface area contributed by atoms with E-state index in [1.807, 2.05) is 0 Å². The molecule has 1 saturated carbocycles. The van der Waals surface area contributed by atoms with Gasteiger partial charge in [-0.25, -0.2) is 0 Å². The molecule has 1 unspecified atom stereocenters. The summed E-state index contributed by atoms with van der Waals surface area (Å²) in [6.45, 7) is 6.28. The predicted octanol–water partition coefficient (Wildman–Crippen LogP) is 3.31. The maximum absolute atomic E-state index is 10.7. The third-order valence-corrected chi connectivity index (χ3v) is 3.64. The number of hydrogen-bond acceptors (Lipinski definition) is 1. The van der Waals surface area contributed by atoms with Gasteiger partial charge in [-0.05, 0) is 50.2 Å². The molecule has 1 aliphatic carbocycles. The first-order chi connectivity index (χ1) is 7.08. The van der Waals surface area contributed by atoms with Gasteiger partial charge in [-0.2, -0.15) is 0 Å². The molecular formula is C14H20O. The first kappa shape index (κ1) is 10.7. The average molecular weight is 204 g/mol. The van der Waals surface area contributed by atoms with Crippen LogP contribution < -0.4 is 0 Å². The second-order valence-electron chi connectivity index (χ2n) is 4.87. The zero-order valence-electron chi connectivity index (χ0n) is 9.88. The van der Waals surface area contributed by atoms with Gasteiger partial charge in [0, 0.05) is 0 Å². The van der Waals surface area contributed by atoms with Crippen molar-refractivity contribution in [1.29, 1.82) is 0 Å². The van der Waals surface area contributed by atoms with E-state index in [0.717, 1.165) is 12.0 Å². The largest absolute Gasteiger partial charge is 0.385 e. The van der Waals surface area contributed by atoms with Crippen LogP contribution in [-0.2, 0) is 5.60 Å². The molecule has 1 aromatic rings. The summed E-state index contributed by atoms with van der Waals surface area (Å²) in [5.74, 6) is 0.490. The molecular weight excluding hydrogens is 184 g/mol. The van der Waals surface area contributed by atoms with E-state index in [1.54, 1.807) is 0 Å². The lowest BCUT2D eigenvalue weighted by Gasteiger charge is -2.29. The van der Waals surface area contributed by atoms with Crippen LogP contribution in [0.25, 0.3) is 0 Å². The highest BCUT2D eigenvalue weighted by atomic mass is 16.3. The van der Waals surface area contributed by atoms with Crippen LogP contribution in [0.5, 0.6) is 0 Å². The second kappa shape index (κ2) is 3.64. The second-order valence-corrected chi connectivity index (χ2v) is 4.87. The van der Waals surface area contributed by atoms with E-state index in [0.29, 0.717) is 5.92 Å². The summed E-state index contributed by atoms with van der Waals surface area (Å²) in [7, 11) is 0. The van der Waals surface area contributed by atoms with Gasteiger partial charge in [-0.15, -0.1) is 0 Å². The Labute approximate surface area is 92.1 Å². The lowest BCUT2D eigenvalue weighted by molar-refractivity contribution is 0.00831. The minimum Gasteiger partial charge on any atom is -0.385 e. The number of rotatable bonds is 3. The molecule has 0 saturated heterocycles. The fourth-order valence-corrected chi connectivity index (χ4v) is 2.56. The Morgan fingerprint density at radius 3 is 2.47 bits per heavy atom. The maximum Gasteiger partial charge on any atom is 0.0924 e. The molecule has 1 nitrogen and oxygen atoms in total. The molecule has 82 valence electrons. The zero-order valence-corrected chi connectivity index (χ0v) is 9.88. The third kappa shape index (κ3) is 1.81. The van der Waals surface area contributed by atoms with Gasteiger partial charge >= 0.3 is 0 Å². The molecule has 1 atom stereocenters. The van der Waals surface area contributed by atoms with Crippen LogP contribution >= 0.6 is 0 Å². The highest BCUT2D eigenvalue weighted by molar-refractivity contribution is 5.36. The van der Waals surface area contributed by atoms with Gasteiger partial charge in [0.05, 0.1) is 5.60 Å². The molecule has 15 heavy (non-hydrogen) atoms. The molecule has 0 radical (unpaired) electrons. The normalized spacial score (nSPS) is 20.0. The Bertz CT molecular complexity index is 366. The topological polar surface area (TPSA) is 20.2 Å². The fourth-order valence-electron chi connectivity index (χ4n) is 2.56. The number of aryl methyl sites for hydroxylation is 2. The molecule has 0 bridgehead atoms. The summed E-state index contributed by atoms with van der Waals surface area (Å²) in [4.78, 5) is 0. The van der Waals surface area contributed by atoms with E-state index in [4.69, 9.17) is 0 Å². The molecule has 0 aliphatic heterocycles.